The molecule has 96 valence electrons. The van der Waals surface area contributed by atoms with E-state index in [1.807, 2.05) is 0 Å². The molecule has 0 atom stereocenters. The zero-order valence-electron chi connectivity index (χ0n) is 10.4. The van der Waals surface area contributed by atoms with Gasteiger partial charge in [0.2, 0.25) is 5.88 Å². The van der Waals surface area contributed by atoms with Gasteiger partial charge in [0.1, 0.15) is 0 Å². The number of hydrogen-bond acceptors (Lipinski definition) is 3. The lowest BCUT2D eigenvalue weighted by Gasteiger charge is -2.07. The van der Waals surface area contributed by atoms with E-state index in [0.717, 1.165) is 13.2 Å². The van der Waals surface area contributed by atoms with Crippen molar-refractivity contribution >= 4 is 5.91 Å². The second-order valence-corrected chi connectivity index (χ2v) is 5.29. The molecule has 2 aliphatic rings. The van der Waals surface area contributed by atoms with Crippen LogP contribution in [0.2, 0.25) is 0 Å². The van der Waals surface area contributed by atoms with Gasteiger partial charge in [-0.1, -0.05) is 0 Å². The highest BCUT2D eigenvalue weighted by Gasteiger charge is 2.23. The summed E-state index contributed by atoms with van der Waals surface area (Å²) in [5.74, 6) is 1.92. The molecule has 0 radical (unpaired) electrons. The van der Waals surface area contributed by atoms with Gasteiger partial charge in [-0.05, 0) is 43.6 Å². The Hall–Kier alpha value is -1.58. The van der Waals surface area contributed by atoms with Crippen molar-refractivity contribution in [2.75, 3.05) is 13.2 Å². The first kappa shape index (κ1) is 11.5. The number of nitrogens with zero attached hydrogens (tertiary/aromatic N) is 1. The lowest BCUT2D eigenvalue weighted by Crippen LogP contribution is -2.25. The third kappa shape index (κ3) is 3.22. The van der Waals surface area contributed by atoms with Gasteiger partial charge in [0.25, 0.3) is 5.91 Å². The molecule has 0 aliphatic heterocycles. The summed E-state index contributed by atoms with van der Waals surface area (Å²) in [6.45, 7) is 1.51. The minimum atomic E-state index is -0.0272. The minimum absolute atomic E-state index is 0.0272. The molecule has 0 aromatic carbocycles. The Labute approximate surface area is 107 Å². The average molecular weight is 246 g/mol. The van der Waals surface area contributed by atoms with Crippen LogP contribution in [0.4, 0.5) is 0 Å². The van der Waals surface area contributed by atoms with Crippen molar-refractivity contribution in [2.45, 2.75) is 25.7 Å². The zero-order chi connectivity index (χ0) is 12.4. The van der Waals surface area contributed by atoms with Gasteiger partial charge in [-0.15, -0.1) is 0 Å². The predicted molar refractivity (Wildman–Crippen MR) is 67.5 cm³/mol. The molecule has 1 aromatic heterocycles. The van der Waals surface area contributed by atoms with E-state index in [1.165, 1.54) is 25.7 Å². The van der Waals surface area contributed by atoms with Crippen LogP contribution in [-0.4, -0.2) is 24.0 Å². The van der Waals surface area contributed by atoms with Crippen molar-refractivity contribution < 1.29 is 9.53 Å². The molecule has 0 spiro atoms. The molecule has 1 heterocycles. The molecule has 4 heteroatoms. The standard InChI is InChI=1S/C14H18N2O2/c17-14(16-8-10-1-2-10)12-5-6-15-13(7-12)18-9-11-3-4-11/h5-7,10-11H,1-4,8-9H2,(H,16,17). The number of carbonyl (C=O) groups excluding carboxylic acids is 1. The van der Waals surface area contributed by atoms with E-state index in [-0.39, 0.29) is 5.91 Å². The number of amides is 1. The van der Waals surface area contributed by atoms with Crippen molar-refractivity contribution in [2.24, 2.45) is 11.8 Å². The van der Waals surface area contributed by atoms with Gasteiger partial charge in [-0.25, -0.2) is 4.98 Å². The Morgan fingerprint density at radius 1 is 1.33 bits per heavy atom. The lowest BCUT2D eigenvalue weighted by atomic mass is 10.2. The summed E-state index contributed by atoms with van der Waals surface area (Å²) in [6.07, 6.45) is 6.62. The minimum Gasteiger partial charge on any atom is -0.477 e. The topological polar surface area (TPSA) is 51.2 Å². The molecular formula is C14H18N2O2. The van der Waals surface area contributed by atoms with E-state index in [1.54, 1.807) is 18.3 Å². The van der Waals surface area contributed by atoms with Crippen molar-refractivity contribution in [3.05, 3.63) is 23.9 Å². The number of aromatic nitrogens is 1. The molecular weight excluding hydrogens is 228 g/mol. The maximum atomic E-state index is 11.9. The van der Waals surface area contributed by atoms with E-state index >= 15 is 0 Å². The molecule has 1 amide bonds. The number of carbonyl (C=O) groups is 1. The second kappa shape index (κ2) is 4.96. The normalized spacial score (nSPS) is 18.4. The Bertz CT molecular complexity index is 439. The van der Waals surface area contributed by atoms with Gasteiger partial charge in [0, 0.05) is 24.4 Å². The van der Waals surface area contributed by atoms with Gasteiger partial charge in [0.05, 0.1) is 6.61 Å². The average Bonchev–Trinajstić information content (AvgIpc) is 3.28. The monoisotopic (exact) mass is 246 g/mol. The molecule has 1 N–H and O–H groups in total. The van der Waals surface area contributed by atoms with Gasteiger partial charge in [-0.2, -0.15) is 0 Å². The fraction of sp³-hybridized carbons (Fsp3) is 0.571. The molecule has 2 aliphatic carbocycles. The van der Waals surface area contributed by atoms with Crippen molar-refractivity contribution in [1.29, 1.82) is 0 Å². The Morgan fingerprint density at radius 2 is 2.11 bits per heavy atom. The van der Waals surface area contributed by atoms with E-state index in [9.17, 15) is 4.79 Å². The Balaban J connectivity index is 1.55. The summed E-state index contributed by atoms with van der Waals surface area (Å²) in [4.78, 5) is 16.0. The van der Waals surface area contributed by atoms with E-state index in [0.29, 0.717) is 23.3 Å². The van der Waals surface area contributed by atoms with Crippen LogP contribution in [0.3, 0.4) is 0 Å². The first-order chi connectivity index (χ1) is 8.81. The van der Waals surface area contributed by atoms with Crippen LogP contribution in [0.1, 0.15) is 36.0 Å². The number of rotatable bonds is 6. The highest BCUT2D eigenvalue weighted by atomic mass is 16.5. The summed E-state index contributed by atoms with van der Waals surface area (Å²) in [7, 11) is 0. The summed E-state index contributed by atoms with van der Waals surface area (Å²) < 4.78 is 5.57. The molecule has 0 unspecified atom stereocenters. The number of hydrogen-bond donors (Lipinski definition) is 1. The van der Waals surface area contributed by atoms with Gasteiger partial charge in [-0.3, -0.25) is 4.79 Å². The Kier molecular flexibility index (Phi) is 3.17. The summed E-state index contributed by atoms with van der Waals surface area (Å²) in [6, 6.07) is 3.46. The van der Waals surface area contributed by atoms with Gasteiger partial charge in [0.15, 0.2) is 0 Å². The predicted octanol–water partition coefficient (Wildman–Crippen LogP) is 2.01. The number of nitrogens with one attached hydrogen (secondary N) is 1. The van der Waals surface area contributed by atoms with Crippen molar-refractivity contribution in [3.63, 3.8) is 0 Å². The van der Waals surface area contributed by atoms with E-state index in [2.05, 4.69) is 10.3 Å². The number of pyridine rings is 1. The first-order valence-corrected chi connectivity index (χ1v) is 6.68. The van der Waals surface area contributed by atoms with Crippen LogP contribution in [0.25, 0.3) is 0 Å². The Morgan fingerprint density at radius 3 is 2.83 bits per heavy atom. The van der Waals surface area contributed by atoms with Crippen LogP contribution >= 0.6 is 0 Å². The lowest BCUT2D eigenvalue weighted by molar-refractivity contribution is 0.0951. The van der Waals surface area contributed by atoms with Crippen molar-refractivity contribution in [1.82, 2.24) is 10.3 Å². The van der Waals surface area contributed by atoms with Crippen molar-refractivity contribution in [3.8, 4) is 5.88 Å². The molecule has 2 fully saturated rings. The third-order valence-corrected chi connectivity index (χ3v) is 3.41. The fourth-order valence-corrected chi connectivity index (χ4v) is 1.78. The molecule has 1 aromatic rings. The number of ether oxygens (including phenoxy) is 1. The highest BCUT2D eigenvalue weighted by molar-refractivity contribution is 5.94. The maximum absolute atomic E-state index is 11.9. The summed E-state index contributed by atoms with van der Waals surface area (Å²) in [5.41, 5.74) is 0.636. The fourth-order valence-electron chi connectivity index (χ4n) is 1.78. The molecule has 2 saturated carbocycles. The summed E-state index contributed by atoms with van der Waals surface area (Å²) in [5, 5.41) is 2.94. The van der Waals surface area contributed by atoms with E-state index in [4.69, 9.17) is 4.74 Å². The van der Waals surface area contributed by atoms with Crippen LogP contribution in [0, 0.1) is 11.8 Å². The van der Waals surface area contributed by atoms with Gasteiger partial charge >= 0.3 is 0 Å². The smallest absolute Gasteiger partial charge is 0.251 e. The van der Waals surface area contributed by atoms with E-state index < -0.39 is 0 Å². The first-order valence-electron chi connectivity index (χ1n) is 6.68. The quantitative estimate of drug-likeness (QED) is 0.835. The van der Waals surface area contributed by atoms with Gasteiger partial charge < -0.3 is 10.1 Å². The maximum Gasteiger partial charge on any atom is 0.251 e. The molecule has 18 heavy (non-hydrogen) atoms. The van der Waals surface area contributed by atoms with Crippen LogP contribution in [-0.2, 0) is 0 Å². The third-order valence-electron chi connectivity index (χ3n) is 3.41. The SMILES string of the molecule is O=C(NCC1CC1)c1ccnc(OCC2CC2)c1. The summed E-state index contributed by atoms with van der Waals surface area (Å²) >= 11 is 0. The molecule has 0 bridgehead atoms. The molecule has 4 nitrogen and oxygen atoms in total. The second-order valence-electron chi connectivity index (χ2n) is 5.29. The molecule has 3 rings (SSSR count). The largest absolute Gasteiger partial charge is 0.477 e. The van der Waals surface area contributed by atoms with Crippen LogP contribution in [0.5, 0.6) is 5.88 Å². The highest BCUT2D eigenvalue weighted by Crippen LogP contribution is 2.29. The van der Waals surface area contributed by atoms with Crippen LogP contribution in [0.15, 0.2) is 18.3 Å². The zero-order valence-corrected chi connectivity index (χ0v) is 10.4. The van der Waals surface area contributed by atoms with Crippen LogP contribution < -0.4 is 10.1 Å². The molecule has 0 saturated heterocycles.